The lowest BCUT2D eigenvalue weighted by Crippen LogP contribution is -2.06. The van der Waals surface area contributed by atoms with Crippen molar-refractivity contribution < 1.29 is 14.3 Å². The molecule has 0 atom stereocenters. The van der Waals surface area contributed by atoms with Gasteiger partial charge in [0.25, 0.3) is 0 Å². The van der Waals surface area contributed by atoms with Gasteiger partial charge in [0.15, 0.2) is 0 Å². The molecule has 0 bridgehead atoms. The average molecular weight is 340 g/mol. The van der Waals surface area contributed by atoms with Gasteiger partial charge in [0.1, 0.15) is 11.8 Å². The Morgan fingerprint density at radius 3 is 2.88 bits per heavy atom. The summed E-state index contributed by atoms with van der Waals surface area (Å²) >= 11 is 6.19. The van der Waals surface area contributed by atoms with Crippen molar-refractivity contribution in [1.29, 1.82) is 0 Å². The van der Waals surface area contributed by atoms with Crippen molar-refractivity contribution in [2.24, 2.45) is 0 Å². The van der Waals surface area contributed by atoms with Gasteiger partial charge in [-0.1, -0.05) is 35.9 Å². The maximum Gasteiger partial charge on any atom is 0.338 e. The molecule has 3 aromatic rings. The molecule has 0 spiro atoms. The fourth-order valence-corrected chi connectivity index (χ4v) is 2.96. The quantitative estimate of drug-likeness (QED) is 0.528. The largest absolute Gasteiger partial charge is 0.457 e. The molecule has 1 aliphatic heterocycles. The van der Waals surface area contributed by atoms with Crippen LogP contribution in [0.15, 0.2) is 48.5 Å². The zero-order valence-electron chi connectivity index (χ0n) is 12.8. The van der Waals surface area contributed by atoms with Gasteiger partial charge in [-0.15, -0.1) is 0 Å². The minimum absolute atomic E-state index is 0.0864. The first-order chi connectivity index (χ1) is 11.7. The summed E-state index contributed by atoms with van der Waals surface area (Å²) < 4.78 is 10.8. The number of benzene rings is 2. The van der Waals surface area contributed by atoms with E-state index < -0.39 is 0 Å². The second kappa shape index (κ2) is 6.23. The fraction of sp³-hybridized carbons (Fsp3) is 0.158. The van der Waals surface area contributed by atoms with Gasteiger partial charge in [0, 0.05) is 10.9 Å². The van der Waals surface area contributed by atoms with Crippen LogP contribution in [0.4, 0.5) is 0 Å². The molecule has 0 saturated heterocycles. The Balaban J connectivity index is 1.52. The number of para-hydroxylation sites is 1. The van der Waals surface area contributed by atoms with Crippen LogP contribution in [-0.2, 0) is 29.3 Å². The van der Waals surface area contributed by atoms with Gasteiger partial charge in [-0.3, -0.25) is 0 Å². The number of pyridine rings is 1. The minimum atomic E-state index is -0.381. The second-order valence-corrected chi connectivity index (χ2v) is 6.04. The van der Waals surface area contributed by atoms with E-state index in [1.165, 1.54) is 0 Å². The van der Waals surface area contributed by atoms with Crippen molar-refractivity contribution in [1.82, 2.24) is 4.98 Å². The van der Waals surface area contributed by atoms with Crippen molar-refractivity contribution in [3.8, 4) is 0 Å². The van der Waals surface area contributed by atoms with Crippen LogP contribution in [0.1, 0.15) is 27.0 Å². The molecule has 0 aliphatic carbocycles. The van der Waals surface area contributed by atoms with E-state index in [2.05, 4.69) is 4.98 Å². The summed E-state index contributed by atoms with van der Waals surface area (Å²) in [7, 11) is 0. The highest BCUT2D eigenvalue weighted by atomic mass is 35.5. The summed E-state index contributed by atoms with van der Waals surface area (Å²) in [5.41, 5.74) is 4.18. The van der Waals surface area contributed by atoms with E-state index >= 15 is 0 Å². The van der Waals surface area contributed by atoms with Gasteiger partial charge in [-0.05, 0) is 35.4 Å². The Morgan fingerprint density at radius 2 is 1.96 bits per heavy atom. The van der Waals surface area contributed by atoms with Crippen LogP contribution in [0, 0.1) is 0 Å². The highest BCUT2D eigenvalue weighted by molar-refractivity contribution is 6.30. The van der Waals surface area contributed by atoms with Crippen LogP contribution in [0.3, 0.4) is 0 Å². The highest BCUT2D eigenvalue weighted by Gasteiger charge is 2.16. The zero-order valence-corrected chi connectivity index (χ0v) is 13.5. The molecular formula is C19H14ClNO3. The van der Waals surface area contributed by atoms with E-state index in [1.54, 1.807) is 6.07 Å². The maximum absolute atomic E-state index is 12.3. The van der Waals surface area contributed by atoms with Crippen LogP contribution < -0.4 is 0 Å². The van der Waals surface area contributed by atoms with Gasteiger partial charge in [0.2, 0.25) is 0 Å². The lowest BCUT2D eigenvalue weighted by Gasteiger charge is -2.08. The standard InChI is InChI=1S/C19H14ClNO3/c20-18-16(7-12-3-1-2-4-17(12)21-18)11-24-19(22)13-5-6-14-9-23-10-15(14)8-13/h1-8H,9-11H2. The monoisotopic (exact) mass is 339 g/mol. The molecule has 120 valence electrons. The van der Waals surface area contributed by atoms with Crippen LogP contribution in [0.2, 0.25) is 5.15 Å². The smallest absolute Gasteiger partial charge is 0.338 e. The summed E-state index contributed by atoms with van der Waals surface area (Å²) in [5, 5.41) is 1.31. The van der Waals surface area contributed by atoms with Crippen molar-refractivity contribution in [2.45, 2.75) is 19.8 Å². The number of halogens is 1. The predicted octanol–water partition coefficient (Wildman–Crippen LogP) is 4.28. The number of hydrogen-bond donors (Lipinski definition) is 0. The molecule has 5 heteroatoms. The molecule has 0 unspecified atom stereocenters. The van der Waals surface area contributed by atoms with Crippen LogP contribution in [0.5, 0.6) is 0 Å². The molecule has 4 nitrogen and oxygen atoms in total. The molecular weight excluding hydrogens is 326 g/mol. The van der Waals surface area contributed by atoms with E-state index in [0.717, 1.165) is 22.0 Å². The molecule has 0 fully saturated rings. The molecule has 0 saturated carbocycles. The number of esters is 1. The number of aromatic nitrogens is 1. The van der Waals surface area contributed by atoms with E-state index in [0.29, 0.717) is 29.5 Å². The SMILES string of the molecule is O=C(OCc1cc2ccccc2nc1Cl)c1ccc2c(c1)COC2. The van der Waals surface area contributed by atoms with Gasteiger partial charge in [-0.2, -0.15) is 0 Å². The highest BCUT2D eigenvalue weighted by Crippen LogP contribution is 2.23. The van der Waals surface area contributed by atoms with Crippen molar-refractivity contribution in [2.75, 3.05) is 0 Å². The van der Waals surface area contributed by atoms with Gasteiger partial charge >= 0.3 is 5.97 Å². The Hall–Kier alpha value is -2.43. The van der Waals surface area contributed by atoms with E-state index in [1.807, 2.05) is 42.5 Å². The number of carbonyl (C=O) groups is 1. The predicted molar refractivity (Wildman–Crippen MR) is 90.8 cm³/mol. The normalized spacial score (nSPS) is 13.0. The Bertz CT molecular complexity index is 939. The number of carbonyl (C=O) groups excluding carboxylic acids is 1. The number of fused-ring (bicyclic) bond motifs is 2. The lowest BCUT2D eigenvalue weighted by molar-refractivity contribution is 0.0472. The molecule has 0 N–H and O–H groups in total. The molecule has 1 aromatic heterocycles. The molecule has 2 heterocycles. The van der Waals surface area contributed by atoms with E-state index in [9.17, 15) is 4.79 Å². The summed E-state index contributed by atoms with van der Waals surface area (Å²) in [5.74, 6) is -0.381. The third-order valence-electron chi connectivity index (χ3n) is 4.07. The lowest BCUT2D eigenvalue weighted by atomic mass is 10.1. The zero-order chi connectivity index (χ0) is 16.5. The molecule has 1 aliphatic rings. The van der Waals surface area contributed by atoms with Crippen molar-refractivity contribution in [3.05, 3.63) is 75.9 Å². The van der Waals surface area contributed by atoms with Crippen LogP contribution in [0.25, 0.3) is 10.9 Å². The Morgan fingerprint density at radius 1 is 1.12 bits per heavy atom. The summed E-state index contributed by atoms with van der Waals surface area (Å²) in [6, 6.07) is 15.1. The van der Waals surface area contributed by atoms with E-state index in [4.69, 9.17) is 21.1 Å². The molecule has 4 rings (SSSR count). The first-order valence-corrected chi connectivity index (χ1v) is 7.99. The third-order valence-corrected chi connectivity index (χ3v) is 4.39. The first kappa shape index (κ1) is 15.1. The average Bonchev–Trinajstić information content (AvgIpc) is 3.07. The summed E-state index contributed by atoms with van der Waals surface area (Å²) in [4.78, 5) is 16.6. The van der Waals surface area contributed by atoms with Crippen LogP contribution in [-0.4, -0.2) is 11.0 Å². The third kappa shape index (κ3) is 2.86. The molecule has 0 amide bonds. The first-order valence-electron chi connectivity index (χ1n) is 7.61. The minimum Gasteiger partial charge on any atom is -0.457 e. The molecule has 2 aromatic carbocycles. The molecule has 24 heavy (non-hydrogen) atoms. The number of nitrogens with zero attached hydrogens (tertiary/aromatic N) is 1. The fourth-order valence-electron chi connectivity index (χ4n) is 2.76. The van der Waals surface area contributed by atoms with E-state index in [-0.39, 0.29) is 12.6 Å². The van der Waals surface area contributed by atoms with Crippen molar-refractivity contribution >= 4 is 28.5 Å². The number of rotatable bonds is 3. The van der Waals surface area contributed by atoms with Gasteiger partial charge < -0.3 is 9.47 Å². The van der Waals surface area contributed by atoms with Gasteiger partial charge in [0.05, 0.1) is 24.3 Å². The van der Waals surface area contributed by atoms with Gasteiger partial charge in [-0.25, -0.2) is 9.78 Å². The number of ether oxygens (including phenoxy) is 2. The topological polar surface area (TPSA) is 48.4 Å². The Kier molecular flexibility index (Phi) is 3.92. The maximum atomic E-state index is 12.3. The van der Waals surface area contributed by atoms with Crippen LogP contribution >= 0.6 is 11.6 Å². The second-order valence-electron chi connectivity index (χ2n) is 5.68. The summed E-state index contributed by atoms with van der Waals surface area (Å²) in [6.07, 6.45) is 0. The molecule has 0 radical (unpaired) electrons. The number of hydrogen-bond acceptors (Lipinski definition) is 4. The van der Waals surface area contributed by atoms with Crippen molar-refractivity contribution in [3.63, 3.8) is 0 Å². The summed E-state index contributed by atoms with van der Waals surface area (Å²) in [6.45, 7) is 1.23. The Labute approximate surface area is 144 Å².